The van der Waals surface area contributed by atoms with Crippen molar-refractivity contribution >= 4 is 32.3 Å². The molecule has 0 radical (unpaired) electrons. The number of hydrogen-bond donors (Lipinski definition) is 0. The second-order valence-corrected chi connectivity index (χ2v) is 13.5. The van der Waals surface area contributed by atoms with Crippen LogP contribution in [-0.4, -0.2) is 19.9 Å². The summed E-state index contributed by atoms with van der Waals surface area (Å²) < 4.78 is 0. The molecule has 10 aromatic rings. The normalized spacial score (nSPS) is 11.3. The van der Waals surface area contributed by atoms with Crippen LogP contribution in [0.15, 0.2) is 194 Å². The number of rotatable bonds is 6. The van der Waals surface area contributed by atoms with Crippen LogP contribution in [0.4, 0.5) is 0 Å². The van der Waals surface area contributed by atoms with Gasteiger partial charge in [0.1, 0.15) is 0 Å². The fraction of sp³-hybridized carbons (Fsp3) is 0. The molecule has 54 heavy (non-hydrogen) atoms. The molecule has 252 valence electrons. The number of hydrogen-bond acceptors (Lipinski definition) is 4. The van der Waals surface area contributed by atoms with Crippen LogP contribution in [0.5, 0.6) is 0 Å². The van der Waals surface area contributed by atoms with Crippen LogP contribution in [0.3, 0.4) is 0 Å². The fourth-order valence-corrected chi connectivity index (χ4v) is 7.60. The van der Waals surface area contributed by atoms with Gasteiger partial charge in [-0.3, -0.25) is 4.98 Å². The third-order valence-corrected chi connectivity index (χ3v) is 10.1. The first-order valence-corrected chi connectivity index (χ1v) is 18.1. The van der Waals surface area contributed by atoms with E-state index in [0.29, 0.717) is 17.5 Å². The molecule has 0 aliphatic heterocycles. The second-order valence-electron chi connectivity index (χ2n) is 13.5. The van der Waals surface area contributed by atoms with Gasteiger partial charge in [0.15, 0.2) is 17.5 Å². The van der Waals surface area contributed by atoms with Gasteiger partial charge in [0.05, 0.1) is 5.69 Å². The summed E-state index contributed by atoms with van der Waals surface area (Å²) in [5.74, 6) is 1.87. The van der Waals surface area contributed by atoms with Crippen molar-refractivity contribution in [3.05, 3.63) is 194 Å². The van der Waals surface area contributed by atoms with Gasteiger partial charge in [0, 0.05) is 28.5 Å². The molecule has 0 saturated carbocycles. The van der Waals surface area contributed by atoms with E-state index < -0.39 is 0 Å². The van der Waals surface area contributed by atoms with E-state index in [0.717, 1.165) is 50.2 Å². The van der Waals surface area contributed by atoms with E-state index in [2.05, 4.69) is 114 Å². The third kappa shape index (κ3) is 5.67. The van der Waals surface area contributed by atoms with E-state index in [1.165, 1.54) is 32.3 Å². The summed E-state index contributed by atoms with van der Waals surface area (Å²) >= 11 is 0. The van der Waals surface area contributed by atoms with Gasteiger partial charge >= 0.3 is 0 Å². The van der Waals surface area contributed by atoms with Gasteiger partial charge in [-0.1, -0.05) is 152 Å². The highest BCUT2D eigenvalue weighted by atomic mass is 15.0. The Balaban J connectivity index is 1.26. The van der Waals surface area contributed by atoms with Crippen molar-refractivity contribution in [1.29, 1.82) is 0 Å². The summed E-state index contributed by atoms with van der Waals surface area (Å²) in [6.45, 7) is 0. The largest absolute Gasteiger partial charge is 0.256 e. The van der Waals surface area contributed by atoms with Crippen LogP contribution in [0.1, 0.15) is 0 Å². The number of benzene rings is 8. The second kappa shape index (κ2) is 13.4. The van der Waals surface area contributed by atoms with E-state index in [1.807, 2.05) is 85.1 Å². The topological polar surface area (TPSA) is 51.6 Å². The first-order valence-electron chi connectivity index (χ1n) is 18.1. The smallest absolute Gasteiger partial charge is 0.164 e. The minimum atomic E-state index is 0.613. The van der Waals surface area contributed by atoms with E-state index >= 15 is 0 Å². The van der Waals surface area contributed by atoms with E-state index in [-0.39, 0.29) is 0 Å². The Labute approximate surface area is 313 Å². The lowest BCUT2D eigenvalue weighted by Gasteiger charge is -2.16. The Morgan fingerprint density at radius 1 is 0.278 bits per heavy atom. The molecule has 8 aromatic carbocycles. The Morgan fingerprint density at radius 2 is 0.722 bits per heavy atom. The molecule has 2 aromatic heterocycles. The highest BCUT2D eigenvalue weighted by Gasteiger charge is 2.18. The molecular weight excluding hydrogens is 657 g/mol. The van der Waals surface area contributed by atoms with Crippen LogP contribution in [0, 0.1) is 0 Å². The summed E-state index contributed by atoms with van der Waals surface area (Å²) in [6.07, 6.45) is 1.84. The molecule has 4 heteroatoms. The highest BCUT2D eigenvalue weighted by molar-refractivity contribution is 6.28. The molecule has 0 fully saturated rings. The van der Waals surface area contributed by atoms with Crippen molar-refractivity contribution in [2.24, 2.45) is 0 Å². The molecule has 2 heterocycles. The molecular formula is C50H32N4. The Hall–Kier alpha value is -7.30. The molecule has 0 atom stereocenters. The summed E-state index contributed by atoms with van der Waals surface area (Å²) in [5, 5.41) is 7.41. The molecule has 0 bridgehead atoms. The van der Waals surface area contributed by atoms with Crippen molar-refractivity contribution in [3.63, 3.8) is 0 Å². The fourth-order valence-electron chi connectivity index (χ4n) is 7.60. The van der Waals surface area contributed by atoms with E-state index in [4.69, 9.17) is 15.0 Å². The average Bonchev–Trinajstić information content (AvgIpc) is 3.27. The third-order valence-electron chi connectivity index (χ3n) is 10.1. The van der Waals surface area contributed by atoms with Gasteiger partial charge in [0.2, 0.25) is 0 Å². The lowest BCUT2D eigenvalue weighted by molar-refractivity contribution is 1.07. The van der Waals surface area contributed by atoms with Crippen LogP contribution in [0.25, 0.3) is 100.0 Å². The molecule has 0 aliphatic carbocycles. The zero-order valence-electron chi connectivity index (χ0n) is 29.3. The predicted molar refractivity (Wildman–Crippen MR) is 223 cm³/mol. The van der Waals surface area contributed by atoms with Gasteiger partial charge in [-0.25, -0.2) is 15.0 Å². The van der Waals surface area contributed by atoms with Crippen molar-refractivity contribution in [2.75, 3.05) is 0 Å². The summed E-state index contributed by atoms with van der Waals surface area (Å²) in [5.41, 5.74) is 9.14. The molecule has 0 saturated heterocycles. The summed E-state index contributed by atoms with van der Waals surface area (Å²) in [4.78, 5) is 19.9. The van der Waals surface area contributed by atoms with Crippen LogP contribution in [0.2, 0.25) is 0 Å². The van der Waals surface area contributed by atoms with Crippen LogP contribution >= 0.6 is 0 Å². The van der Waals surface area contributed by atoms with Crippen LogP contribution < -0.4 is 0 Å². The maximum absolute atomic E-state index is 5.16. The molecule has 4 nitrogen and oxygen atoms in total. The van der Waals surface area contributed by atoms with Gasteiger partial charge in [-0.15, -0.1) is 0 Å². The molecule has 0 spiro atoms. The monoisotopic (exact) mass is 688 g/mol. The standard InChI is InChI=1S/C50H32N4/c1-3-15-33(16-4-1)48-52-49(34-17-5-2-6-18-34)54-50(53-48)39-31-37(35-19-13-20-36(29-35)46-27-11-12-28-51-46)30-38(32-39)40-25-14-26-45-43-22-8-7-21-41(43)42-23-9-10-24-44(42)47(40)45/h1-32H. The van der Waals surface area contributed by atoms with Crippen molar-refractivity contribution < 1.29 is 0 Å². The number of nitrogens with zero attached hydrogens (tertiary/aromatic N) is 4. The number of fused-ring (bicyclic) bond motifs is 6. The minimum absolute atomic E-state index is 0.613. The maximum atomic E-state index is 5.16. The average molecular weight is 689 g/mol. The molecule has 10 rings (SSSR count). The highest BCUT2D eigenvalue weighted by Crippen LogP contribution is 2.42. The first kappa shape index (κ1) is 31.4. The van der Waals surface area contributed by atoms with E-state index in [1.54, 1.807) is 0 Å². The lowest BCUT2D eigenvalue weighted by atomic mass is 9.88. The Morgan fingerprint density at radius 3 is 1.35 bits per heavy atom. The molecule has 0 N–H and O–H groups in total. The zero-order valence-corrected chi connectivity index (χ0v) is 29.3. The molecule has 0 aliphatic rings. The summed E-state index contributed by atoms with van der Waals surface area (Å²) in [7, 11) is 0. The summed E-state index contributed by atoms with van der Waals surface area (Å²) in [6, 6.07) is 65.8. The van der Waals surface area contributed by atoms with Crippen molar-refractivity contribution in [2.45, 2.75) is 0 Å². The van der Waals surface area contributed by atoms with E-state index in [9.17, 15) is 0 Å². The first-order chi connectivity index (χ1) is 26.8. The Kier molecular flexibility index (Phi) is 7.77. The van der Waals surface area contributed by atoms with Gasteiger partial charge in [-0.05, 0) is 91.0 Å². The van der Waals surface area contributed by atoms with Gasteiger partial charge in [-0.2, -0.15) is 0 Å². The maximum Gasteiger partial charge on any atom is 0.164 e. The Bertz CT molecular complexity index is 2880. The molecule has 0 unspecified atom stereocenters. The lowest BCUT2D eigenvalue weighted by Crippen LogP contribution is -2.00. The van der Waals surface area contributed by atoms with Gasteiger partial charge < -0.3 is 0 Å². The van der Waals surface area contributed by atoms with Gasteiger partial charge in [0.25, 0.3) is 0 Å². The minimum Gasteiger partial charge on any atom is -0.256 e. The number of aromatic nitrogens is 4. The zero-order chi connectivity index (χ0) is 35.8. The predicted octanol–water partition coefficient (Wildman–Crippen LogP) is 12.7. The molecule has 0 amide bonds. The van der Waals surface area contributed by atoms with Crippen LogP contribution in [-0.2, 0) is 0 Å². The van der Waals surface area contributed by atoms with Crippen molar-refractivity contribution in [3.8, 4) is 67.7 Å². The van der Waals surface area contributed by atoms with Crippen molar-refractivity contribution in [1.82, 2.24) is 19.9 Å². The SMILES string of the molecule is c1ccc(-c2nc(-c3ccccc3)nc(-c3cc(-c4cccc(-c5ccccn5)c4)cc(-c4cccc5c6ccccc6c6ccccc6c45)c3)n2)cc1. The quantitative estimate of drug-likeness (QED) is 0.163. The number of pyridine rings is 1.